The molecule has 0 amide bonds. The van der Waals surface area contributed by atoms with Gasteiger partial charge in [-0.2, -0.15) is 0 Å². The van der Waals surface area contributed by atoms with Crippen molar-refractivity contribution < 1.29 is 9.53 Å². The smallest absolute Gasteiger partial charge is 0.323 e. The van der Waals surface area contributed by atoms with Crippen LogP contribution in [0.5, 0.6) is 0 Å². The van der Waals surface area contributed by atoms with Crippen LogP contribution in [0.25, 0.3) is 0 Å². The maximum absolute atomic E-state index is 11.7. The molecule has 2 unspecified atom stereocenters. The van der Waals surface area contributed by atoms with E-state index in [0.717, 1.165) is 32.2 Å². The molecule has 126 valence electrons. The van der Waals surface area contributed by atoms with Crippen molar-refractivity contribution in [3.8, 4) is 0 Å². The first kappa shape index (κ1) is 20.3. The van der Waals surface area contributed by atoms with Crippen LogP contribution in [0.3, 0.4) is 0 Å². The molecule has 0 aromatic carbocycles. The Hall–Kier alpha value is -0.650. The molecule has 0 aliphatic carbocycles. The largest absolute Gasteiger partial charge is 0.459 e. The van der Waals surface area contributed by atoms with E-state index < -0.39 is 11.6 Å². The molecule has 0 aliphatic rings. The molecule has 0 spiro atoms. The number of hydrogen-bond acceptors (Lipinski definition) is 5. The van der Waals surface area contributed by atoms with E-state index in [1.807, 2.05) is 20.8 Å². The van der Waals surface area contributed by atoms with Crippen molar-refractivity contribution in [2.75, 3.05) is 6.54 Å². The lowest BCUT2D eigenvalue weighted by molar-refractivity contribution is -0.156. The van der Waals surface area contributed by atoms with Crippen LogP contribution in [0.4, 0.5) is 0 Å². The Morgan fingerprint density at radius 1 is 0.952 bits per heavy atom. The molecule has 0 aromatic rings. The van der Waals surface area contributed by atoms with Gasteiger partial charge in [-0.1, -0.05) is 25.7 Å². The molecule has 0 fully saturated rings. The number of hydrogen-bond donors (Lipinski definition) is 3. The van der Waals surface area contributed by atoms with E-state index in [2.05, 4.69) is 0 Å². The molecule has 0 bridgehead atoms. The van der Waals surface area contributed by atoms with Crippen molar-refractivity contribution in [3.05, 3.63) is 0 Å². The van der Waals surface area contributed by atoms with Gasteiger partial charge in [0.15, 0.2) is 0 Å². The van der Waals surface area contributed by atoms with Gasteiger partial charge in [-0.25, -0.2) is 0 Å². The van der Waals surface area contributed by atoms with E-state index in [1.165, 1.54) is 19.3 Å². The van der Waals surface area contributed by atoms with Crippen molar-refractivity contribution in [1.29, 1.82) is 0 Å². The fraction of sp³-hybridized carbons (Fsp3) is 0.938. The molecule has 5 nitrogen and oxygen atoms in total. The molecule has 6 N–H and O–H groups in total. The van der Waals surface area contributed by atoms with Gasteiger partial charge < -0.3 is 21.9 Å². The maximum Gasteiger partial charge on any atom is 0.323 e. The van der Waals surface area contributed by atoms with E-state index in [9.17, 15) is 4.79 Å². The zero-order chi connectivity index (χ0) is 16.3. The summed E-state index contributed by atoms with van der Waals surface area (Å²) in [5.74, 6) is -0.337. The van der Waals surface area contributed by atoms with Gasteiger partial charge in [0.25, 0.3) is 0 Å². The Labute approximate surface area is 130 Å². The first-order chi connectivity index (χ1) is 9.76. The zero-order valence-corrected chi connectivity index (χ0v) is 14.1. The Balaban J connectivity index is 3.67. The Morgan fingerprint density at radius 3 is 2.10 bits per heavy atom. The van der Waals surface area contributed by atoms with Crippen LogP contribution >= 0.6 is 0 Å². The monoisotopic (exact) mass is 301 g/mol. The van der Waals surface area contributed by atoms with E-state index in [0.29, 0.717) is 6.42 Å². The summed E-state index contributed by atoms with van der Waals surface area (Å²) in [4.78, 5) is 11.7. The highest BCUT2D eigenvalue weighted by molar-refractivity contribution is 5.75. The number of esters is 1. The van der Waals surface area contributed by atoms with Crippen LogP contribution in [-0.2, 0) is 9.53 Å². The van der Waals surface area contributed by atoms with Crippen LogP contribution < -0.4 is 17.2 Å². The first-order valence-corrected chi connectivity index (χ1v) is 8.20. The number of carbonyl (C=O) groups is 1. The van der Waals surface area contributed by atoms with E-state index in [4.69, 9.17) is 21.9 Å². The van der Waals surface area contributed by atoms with Crippen LogP contribution in [0, 0.1) is 0 Å². The van der Waals surface area contributed by atoms with Crippen LogP contribution in [0.15, 0.2) is 0 Å². The van der Waals surface area contributed by atoms with E-state index >= 15 is 0 Å². The van der Waals surface area contributed by atoms with Gasteiger partial charge in [0, 0.05) is 6.04 Å². The van der Waals surface area contributed by atoms with Crippen LogP contribution in [0.1, 0.15) is 72.1 Å². The second-order valence-corrected chi connectivity index (χ2v) is 6.82. The molecule has 0 saturated heterocycles. The van der Waals surface area contributed by atoms with Gasteiger partial charge >= 0.3 is 5.97 Å². The number of nitrogens with two attached hydrogens (primary N) is 3. The molecular weight excluding hydrogens is 266 g/mol. The topological polar surface area (TPSA) is 104 Å². The summed E-state index contributed by atoms with van der Waals surface area (Å²) < 4.78 is 5.25. The molecule has 0 saturated carbocycles. The highest BCUT2D eigenvalue weighted by atomic mass is 16.6. The Bertz CT molecular complexity index is 277. The predicted molar refractivity (Wildman–Crippen MR) is 87.8 cm³/mol. The van der Waals surface area contributed by atoms with Gasteiger partial charge in [-0.15, -0.1) is 0 Å². The molecule has 0 aromatic heterocycles. The highest BCUT2D eigenvalue weighted by Crippen LogP contribution is 2.12. The minimum atomic E-state index is -0.570. The average Bonchev–Trinajstić information content (AvgIpc) is 2.38. The Morgan fingerprint density at radius 2 is 1.52 bits per heavy atom. The predicted octanol–water partition coefficient (Wildman–Crippen LogP) is 2.06. The molecule has 0 rings (SSSR count). The third kappa shape index (κ3) is 12.8. The summed E-state index contributed by atoms with van der Waals surface area (Å²) in [6, 6.07) is -0.451. The summed E-state index contributed by atoms with van der Waals surface area (Å²) in [6.45, 7) is 6.30. The number of unbranched alkanes of at least 4 members (excludes halogenated alkanes) is 4. The van der Waals surface area contributed by atoms with Crippen molar-refractivity contribution in [3.63, 3.8) is 0 Å². The third-order valence-corrected chi connectivity index (χ3v) is 3.34. The van der Waals surface area contributed by atoms with Crippen molar-refractivity contribution in [1.82, 2.24) is 0 Å². The quantitative estimate of drug-likeness (QED) is 0.400. The minimum Gasteiger partial charge on any atom is -0.459 e. The molecule has 21 heavy (non-hydrogen) atoms. The van der Waals surface area contributed by atoms with E-state index in [1.54, 1.807) is 0 Å². The second kappa shape index (κ2) is 11.0. The second-order valence-electron chi connectivity index (χ2n) is 6.82. The van der Waals surface area contributed by atoms with Gasteiger partial charge in [0.1, 0.15) is 11.6 Å². The van der Waals surface area contributed by atoms with Gasteiger partial charge in [-0.05, 0) is 53.0 Å². The summed E-state index contributed by atoms with van der Waals surface area (Å²) in [7, 11) is 0. The fourth-order valence-electron chi connectivity index (χ4n) is 2.11. The summed E-state index contributed by atoms with van der Waals surface area (Å²) in [6.07, 6.45) is 8.21. The standard InChI is InChI=1S/C16H35N3O2/c1-16(2,3)21-15(20)14(19)11-10-13(18)9-7-5-4-6-8-12-17/h13-14H,4-12,17-19H2,1-3H3. The molecule has 5 heteroatoms. The van der Waals surface area contributed by atoms with Crippen LogP contribution in [0.2, 0.25) is 0 Å². The Kier molecular flexibility index (Phi) is 10.6. The van der Waals surface area contributed by atoms with Crippen molar-refractivity contribution in [2.45, 2.75) is 89.8 Å². The lowest BCUT2D eigenvalue weighted by Gasteiger charge is -2.22. The molecular formula is C16H35N3O2. The number of rotatable bonds is 11. The normalized spacial score (nSPS) is 14.8. The van der Waals surface area contributed by atoms with Gasteiger partial charge in [-0.3, -0.25) is 4.79 Å². The van der Waals surface area contributed by atoms with Crippen LogP contribution in [-0.4, -0.2) is 30.2 Å². The minimum absolute atomic E-state index is 0.119. The summed E-state index contributed by atoms with van der Waals surface area (Å²) in [5, 5.41) is 0. The van der Waals surface area contributed by atoms with Gasteiger partial charge in [0.05, 0.1) is 0 Å². The molecule has 2 atom stereocenters. The first-order valence-electron chi connectivity index (χ1n) is 8.20. The lowest BCUT2D eigenvalue weighted by atomic mass is 10.0. The molecule has 0 radical (unpaired) electrons. The highest BCUT2D eigenvalue weighted by Gasteiger charge is 2.22. The summed E-state index contributed by atoms with van der Waals surface area (Å²) >= 11 is 0. The number of carbonyl (C=O) groups excluding carboxylic acids is 1. The average molecular weight is 301 g/mol. The fourth-order valence-corrected chi connectivity index (χ4v) is 2.11. The maximum atomic E-state index is 11.7. The van der Waals surface area contributed by atoms with Crippen molar-refractivity contribution in [2.24, 2.45) is 17.2 Å². The van der Waals surface area contributed by atoms with E-state index in [-0.39, 0.29) is 12.0 Å². The zero-order valence-electron chi connectivity index (χ0n) is 14.1. The number of ether oxygens (including phenoxy) is 1. The van der Waals surface area contributed by atoms with Crippen molar-refractivity contribution >= 4 is 5.97 Å². The summed E-state index contributed by atoms with van der Waals surface area (Å²) in [5.41, 5.74) is 16.9. The molecule has 0 aliphatic heterocycles. The third-order valence-electron chi connectivity index (χ3n) is 3.34. The lowest BCUT2D eigenvalue weighted by Crippen LogP contribution is -2.38. The SMILES string of the molecule is CC(C)(C)OC(=O)C(N)CCC(N)CCCCCCCN. The molecule has 0 heterocycles. The van der Waals surface area contributed by atoms with Gasteiger partial charge in [0.2, 0.25) is 0 Å².